The summed E-state index contributed by atoms with van der Waals surface area (Å²) in [7, 11) is 0. The second kappa shape index (κ2) is 6.32. The predicted molar refractivity (Wildman–Crippen MR) is 89.8 cm³/mol. The van der Waals surface area contributed by atoms with Crippen LogP contribution >= 0.6 is 0 Å². The fraction of sp³-hybridized carbons (Fsp3) is 0.556. The number of H-pyrrole nitrogens is 1. The molecule has 2 fully saturated rings. The van der Waals surface area contributed by atoms with Crippen LogP contribution < -0.4 is 10.6 Å². The van der Waals surface area contributed by atoms with E-state index in [1.807, 2.05) is 6.20 Å². The summed E-state index contributed by atoms with van der Waals surface area (Å²) in [5.74, 6) is 0.458. The van der Waals surface area contributed by atoms with Gasteiger partial charge in [-0.05, 0) is 37.7 Å². The van der Waals surface area contributed by atoms with E-state index in [0.29, 0.717) is 12.1 Å². The van der Waals surface area contributed by atoms with Gasteiger partial charge in [0.1, 0.15) is 0 Å². The van der Waals surface area contributed by atoms with Gasteiger partial charge in [-0.2, -0.15) is 5.10 Å². The third-order valence-electron chi connectivity index (χ3n) is 5.11. The van der Waals surface area contributed by atoms with E-state index < -0.39 is 0 Å². The minimum atomic E-state index is 0.185. The van der Waals surface area contributed by atoms with Crippen molar-refractivity contribution in [3.8, 4) is 0 Å². The molecule has 0 spiro atoms. The summed E-state index contributed by atoms with van der Waals surface area (Å²) in [5, 5.41) is 15.1. The van der Waals surface area contributed by atoms with E-state index >= 15 is 0 Å². The van der Waals surface area contributed by atoms with Gasteiger partial charge in [-0.15, -0.1) is 0 Å². The van der Waals surface area contributed by atoms with E-state index in [1.165, 1.54) is 5.56 Å². The first-order valence-electron chi connectivity index (χ1n) is 8.74. The van der Waals surface area contributed by atoms with E-state index in [9.17, 15) is 4.79 Å². The SMILES string of the molecule is O=C(NC1CC1)[C@@H]1CCC[C@H](NCc2cccc3cn[nH]c23)C1. The quantitative estimate of drug-likeness (QED) is 0.794. The number of fused-ring (bicyclic) bond motifs is 1. The number of para-hydroxylation sites is 1. The zero-order chi connectivity index (χ0) is 15.6. The maximum Gasteiger partial charge on any atom is 0.223 e. The highest BCUT2D eigenvalue weighted by atomic mass is 16.2. The lowest BCUT2D eigenvalue weighted by molar-refractivity contribution is -0.126. The van der Waals surface area contributed by atoms with Gasteiger partial charge >= 0.3 is 0 Å². The second-order valence-corrected chi connectivity index (χ2v) is 6.98. The summed E-state index contributed by atoms with van der Waals surface area (Å²) >= 11 is 0. The van der Waals surface area contributed by atoms with Gasteiger partial charge in [0.05, 0.1) is 11.7 Å². The third kappa shape index (κ3) is 3.39. The molecule has 2 saturated carbocycles. The molecule has 2 aliphatic carbocycles. The first-order chi connectivity index (χ1) is 11.3. The van der Waals surface area contributed by atoms with Gasteiger partial charge in [0, 0.05) is 29.9 Å². The highest BCUT2D eigenvalue weighted by molar-refractivity contribution is 5.81. The molecule has 23 heavy (non-hydrogen) atoms. The first kappa shape index (κ1) is 14.7. The molecule has 1 heterocycles. The number of carbonyl (C=O) groups excluding carboxylic acids is 1. The Balaban J connectivity index is 1.35. The normalized spacial score (nSPS) is 24.7. The van der Waals surface area contributed by atoms with Gasteiger partial charge in [-0.1, -0.05) is 24.6 Å². The Bertz CT molecular complexity index is 691. The average Bonchev–Trinajstić information content (AvgIpc) is 3.25. The molecule has 1 aromatic heterocycles. The second-order valence-electron chi connectivity index (χ2n) is 6.98. The predicted octanol–water partition coefficient (Wildman–Crippen LogP) is 2.49. The molecule has 0 aliphatic heterocycles. The zero-order valence-corrected chi connectivity index (χ0v) is 13.3. The Morgan fingerprint density at radius 3 is 3.00 bits per heavy atom. The maximum absolute atomic E-state index is 12.3. The molecule has 122 valence electrons. The molecule has 2 aliphatic rings. The Hall–Kier alpha value is -1.88. The molecule has 0 saturated heterocycles. The fourth-order valence-electron chi connectivity index (χ4n) is 3.59. The summed E-state index contributed by atoms with van der Waals surface area (Å²) in [6, 6.07) is 7.17. The van der Waals surface area contributed by atoms with E-state index in [2.05, 4.69) is 39.0 Å². The summed E-state index contributed by atoms with van der Waals surface area (Å²) in [5.41, 5.74) is 2.35. The molecule has 0 bridgehead atoms. The molecule has 0 unspecified atom stereocenters. The van der Waals surface area contributed by atoms with Crippen molar-refractivity contribution in [3.63, 3.8) is 0 Å². The largest absolute Gasteiger partial charge is 0.353 e. The van der Waals surface area contributed by atoms with Crippen LogP contribution in [0.1, 0.15) is 44.1 Å². The minimum absolute atomic E-state index is 0.185. The lowest BCUT2D eigenvalue weighted by Crippen LogP contribution is -2.40. The van der Waals surface area contributed by atoms with Gasteiger partial charge in [0.25, 0.3) is 0 Å². The minimum Gasteiger partial charge on any atom is -0.353 e. The van der Waals surface area contributed by atoms with Crippen LogP contribution in [-0.2, 0) is 11.3 Å². The summed E-state index contributed by atoms with van der Waals surface area (Å²) in [4.78, 5) is 12.3. The Labute approximate surface area is 136 Å². The molecule has 0 radical (unpaired) electrons. The topological polar surface area (TPSA) is 69.8 Å². The molecule has 5 heteroatoms. The monoisotopic (exact) mass is 312 g/mol. The lowest BCUT2D eigenvalue weighted by atomic mass is 9.85. The standard InChI is InChI=1S/C18H24N4O/c23-18(21-15-7-8-15)12-3-2-6-16(9-12)19-10-13-4-1-5-14-11-20-22-17(13)14/h1,4-5,11-12,15-16,19H,2-3,6-10H2,(H,20,22)(H,21,23)/t12-,16+/m1/s1. The summed E-state index contributed by atoms with van der Waals surface area (Å²) < 4.78 is 0. The highest BCUT2D eigenvalue weighted by Crippen LogP contribution is 2.27. The molecule has 1 aromatic carbocycles. The van der Waals surface area contributed by atoms with Crippen molar-refractivity contribution in [2.45, 2.75) is 57.2 Å². The molecule has 2 atom stereocenters. The van der Waals surface area contributed by atoms with Crippen LogP contribution in [0.3, 0.4) is 0 Å². The van der Waals surface area contributed by atoms with Crippen LogP contribution in [0.4, 0.5) is 0 Å². The number of hydrogen-bond donors (Lipinski definition) is 3. The zero-order valence-electron chi connectivity index (χ0n) is 13.3. The molecule has 3 N–H and O–H groups in total. The van der Waals surface area contributed by atoms with Crippen LogP contribution in [-0.4, -0.2) is 28.2 Å². The van der Waals surface area contributed by atoms with E-state index in [1.54, 1.807) is 0 Å². The molecule has 1 amide bonds. The summed E-state index contributed by atoms with van der Waals surface area (Å²) in [6.45, 7) is 0.821. The molecule has 2 aromatic rings. The number of carbonyl (C=O) groups is 1. The van der Waals surface area contributed by atoms with E-state index in [0.717, 1.165) is 56.0 Å². The Kier molecular flexibility index (Phi) is 4.04. The summed E-state index contributed by atoms with van der Waals surface area (Å²) in [6.07, 6.45) is 8.46. The van der Waals surface area contributed by atoms with E-state index in [-0.39, 0.29) is 11.8 Å². The fourth-order valence-corrected chi connectivity index (χ4v) is 3.59. The van der Waals surface area contributed by atoms with Crippen molar-refractivity contribution in [2.24, 2.45) is 5.92 Å². The highest BCUT2D eigenvalue weighted by Gasteiger charge is 2.31. The molecular formula is C18H24N4O. The van der Waals surface area contributed by atoms with Crippen LogP contribution in [0, 0.1) is 5.92 Å². The Morgan fingerprint density at radius 2 is 2.13 bits per heavy atom. The number of hydrogen-bond acceptors (Lipinski definition) is 3. The van der Waals surface area contributed by atoms with Gasteiger partial charge in [0.2, 0.25) is 5.91 Å². The molecular weight excluding hydrogens is 288 g/mol. The van der Waals surface area contributed by atoms with Crippen molar-refractivity contribution in [2.75, 3.05) is 0 Å². The number of rotatable bonds is 5. The van der Waals surface area contributed by atoms with Gasteiger partial charge < -0.3 is 10.6 Å². The van der Waals surface area contributed by atoms with Crippen molar-refractivity contribution >= 4 is 16.8 Å². The smallest absolute Gasteiger partial charge is 0.223 e. The lowest BCUT2D eigenvalue weighted by Gasteiger charge is -2.29. The van der Waals surface area contributed by atoms with Crippen molar-refractivity contribution in [1.82, 2.24) is 20.8 Å². The van der Waals surface area contributed by atoms with Crippen molar-refractivity contribution in [3.05, 3.63) is 30.0 Å². The van der Waals surface area contributed by atoms with Gasteiger partial charge in [0.15, 0.2) is 0 Å². The number of amides is 1. The van der Waals surface area contributed by atoms with Crippen LogP contribution in [0.5, 0.6) is 0 Å². The van der Waals surface area contributed by atoms with Crippen molar-refractivity contribution in [1.29, 1.82) is 0 Å². The first-order valence-corrected chi connectivity index (χ1v) is 8.74. The van der Waals surface area contributed by atoms with Crippen LogP contribution in [0.2, 0.25) is 0 Å². The maximum atomic E-state index is 12.3. The molecule has 5 nitrogen and oxygen atoms in total. The number of nitrogens with one attached hydrogen (secondary N) is 3. The van der Waals surface area contributed by atoms with E-state index in [4.69, 9.17) is 0 Å². The molecule has 4 rings (SSSR count). The van der Waals surface area contributed by atoms with Gasteiger partial charge in [-0.3, -0.25) is 9.89 Å². The van der Waals surface area contributed by atoms with Crippen molar-refractivity contribution < 1.29 is 4.79 Å². The third-order valence-corrected chi connectivity index (χ3v) is 5.11. The number of aromatic nitrogens is 2. The van der Waals surface area contributed by atoms with Crippen LogP contribution in [0.15, 0.2) is 24.4 Å². The van der Waals surface area contributed by atoms with Crippen LogP contribution in [0.25, 0.3) is 10.9 Å². The van der Waals surface area contributed by atoms with Gasteiger partial charge in [-0.25, -0.2) is 0 Å². The number of benzene rings is 1. The number of aromatic amines is 1. The average molecular weight is 312 g/mol. The number of nitrogens with zero attached hydrogens (tertiary/aromatic N) is 1. The Morgan fingerprint density at radius 1 is 1.22 bits per heavy atom.